The highest BCUT2D eigenvalue weighted by Gasteiger charge is 2.25. The molecule has 1 aromatic heterocycles. The number of piperidine rings is 1. The molecule has 0 spiro atoms. The molecule has 0 aliphatic carbocycles. The summed E-state index contributed by atoms with van der Waals surface area (Å²) in [5.41, 5.74) is 5.71. The number of nitrogens with one attached hydrogen (secondary N) is 1. The Kier molecular flexibility index (Phi) is 2.72. The lowest BCUT2D eigenvalue weighted by molar-refractivity contribution is 0.370. The molecule has 1 saturated heterocycles. The number of H-pyrrole nitrogens is 1. The molecule has 0 radical (unpaired) electrons. The number of anilines is 1. The van der Waals surface area contributed by atoms with Crippen molar-refractivity contribution in [3.05, 3.63) is 12.4 Å². The number of hydrogen-bond acceptors (Lipinski definition) is 3. The van der Waals surface area contributed by atoms with Crippen LogP contribution in [0.3, 0.4) is 0 Å². The van der Waals surface area contributed by atoms with Gasteiger partial charge in [-0.1, -0.05) is 0 Å². The molecule has 78 valence electrons. The van der Waals surface area contributed by atoms with E-state index >= 15 is 0 Å². The van der Waals surface area contributed by atoms with Gasteiger partial charge in [-0.3, -0.25) is 0 Å². The topological polar surface area (TPSA) is 57.9 Å². The van der Waals surface area contributed by atoms with Gasteiger partial charge in [0.05, 0.1) is 0 Å². The van der Waals surface area contributed by atoms with Crippen LogP contribution in [0.5, 0.6) is 0 Å². The molecule has 2 atom stereocenters. The first kappa shape index (κ1) is 9.52. The molecule has 0 aromatic carbocycles. The molecule has 2 rings (SSSR count). The van der Waals surface area contributed by atoms with Crippen LogP contribution in [0.2, 0.25) is 0 Å². The summed E-state index contributed by atoms with van der Waals surface area (Å²) >= 11 is 0. The molecule has 0 saturated carbocycles. The fraction of sp³-hybridized carbons (Fsp3) is 0.700. The first-order valence-corrected chi connectivity index (χ1v) is 5.27. The largest absolute Gasteiger partial charge is 0.339 e. The van der Waals surface area contributed by atoms with Crippen molar-refractivity contribution in [3.8, 4) is 0 Å². The second-order valence-corrected chi connectivity index (χ2v) is 4.09. The van der Waals surface area contributed by atoms with Gasteiger partial charge in [-0.2, -0.15) is 0 Å². The molecule has 0 bridgehead atoms. The Hall–Kier alpha value is -1.03. The highest BCUT2D eigenvalue weighted by atomic mass is 15.3. The summed E-state index contributed by atoms with van der Waals surface area (Å²) in [4.78, 5) is 9.76. The first-order valence-electron chi connectivity index (χ1n) is 5.27. The minimum Gasteiger partial charge on any atom is -0.339 e. The second-order valence-electron chi connectivity index (χ2n) is 4.09. The molecule has 2 unspecified atom stereocenters. The molecule has 0 amide bonds. The standard InChI is InChI=1S/C10H18N4/c1-8-2-3-9(6-11)7-14(8)10-12-4-5-13-10/h4-5,8-9H,2-3,6-7,11H2,1H3,(H,12,13). The van der Waals surface area contributed by atoms with Gasteiger partial charge in [0, 0.05) is 25.0 Å². The summed E-state index contributed by atoms with van der Waals surface area (Å²) in [5, 5.41) is 0. The summed E-state index contributed by atoms with van der Waals surface area (Å²) in [7, 11) is 0. The third-order valence-corrected chi connectivity index (χ3v) is 3.07. The van der Waals surface area contributed by atoms with E-state index in [1.807, 2.05) is 6.20 Å². The average molecular weight is 194 g/mol. The molecule has 1 aromatic rings. The Balaban J connectivity index is 2.09. The SMILES string of the molecule is CC1CCC(CN)CN1c1ncc[nH]1. The molecule has 2 heterocycles. The van der Waals surface area contributed by atoms with Crippen LogP contribution in [0, 0.1) is 5.92 Å². The van der Waals surface area contributed by atoms with E-state index in [0.29, 0.717) is 12.0 Å². The van der Waals surface area contributed by atoms with Crippen LogP contribution < -0.4 is 10.6 Å². The molecule has 14 heavy (non-hydrogen) atoms. The van der Waals surface area contributed by atoms with E-state index in [4.69, 9.17) is 5.73 Å². The third-order valence-electron chi connectivity index (χ3n) is 3.07. The lowest BCUT2D eigenvalue weighted by Crippen LogP contribution is -2.44. The first-order chi connectivity index (χ1) is 6.81. The van der Waals surface area contributed by atoms with Crippen LogP contribution in [-0.4, -0.2) is 29.1 Å². The highest BCUT2D eigenvalue weighted by molar-refractivity contribution is 5.31. The van der Waals surface area contributed by atoms with E-state index < -0.39 is 0 Å². The van der Waals surface area contributed by atoms with Crippen molar-refractivity contribution in [1.29, 1.82) is 0 Å². The van der Waals surface area contributed by atoms with Crippen molar-refractivity contribution in [3.63, 3.8) is 0 Å². The van der Waals surface area contributed by atoms with Crippen molar-refractivity contribution in [2.24, 2.45) is 11.7 Å². The van der Waals surface area contributed by atoms with Crippen LogP contribution in [-0.2, 0) is 0 Å². The van der Waals surface area contributed by atoms with Gasteiger partial charge in [0.25, 0.3) is 0 Å². The zero-order valence-electron chi connectivity index (χ0n) is 8.61. The normalized spacial score (nSPS) is 28.0. The zero-order valence-corrected chi connectivity index (χ0v) is 8.61. The van der Waals surface area contributed by atoms with Crippen LogP contribution in [0.15, 0.2) is 12.4 Å². The number of aromatic nitrogens is 2. The fourth-order valence-electron chi connectivity index (χ4n) is 2.08. The van der Waals surface area contributed by atoms with Crippen molar-refractivity contribution in [2.45, 2.75) is 25.8 Å². The number of nitrogens with zero attached hydrogens (tertiary/aromatic N) is 2. The zero-order chi connectivity index (χ0) is 9.97. The van der Waals surface area contributed by atoms with E-state index in [1.54, 1.807) is 6.20 Å². The molecule has 1 aliphatic rings. The van der Waals surface area contributed by atoms with Gasteiger partial charge in [-0.05, 0) is 32.2 Å². The Morgan fingerprint density at radius 1 is 1.64 bits per heavy atom. The van der Waals surface area contributed by atoms with Crippen molar-refractivity contribution >= 4 is 5.95 Å². The van der Waals surface area contributed by atoms with Crippen LogP contribution >= 0.6 is 0 Å². The highest BCUT2D eigenvalue weighted by Crippen LogP contribution is 2.24. The summed E-state index contributed by atoms with van der Waals surface area (Å²) in [6.45, 7) is 4.06. The molecule has 1 aliphatic heterocycles. The van der Waals surface area contributed by atoms with Gasteiger partial charge in [-0.25, -0.2) is 4.98 Å². The second kappa shape index (κ2) is 4.00. The van der Waals surface area contributed by atoms with E-state index in [2.05, 4.69) is 21.8 Å². The minimum absolute atomic E-state index is 0.573. The molecular formula is C10H18N4. The Labute approximate surface area is 84.5 Å². The predicted molar refractivity (Wildman–Crippen MR) is 57.2 cm³/mol. The van der Waals surface area contributed by atoms with Crippen LogP contribution in [0.25, 0.3) is 0 Å². The summed E-state index contributed by atoms with van der Waals surface area (Å²) in [5.74, 6) is 1.60. The maximum absolute atomic E-state index is 5.71. The molecule has 4 heteroatoms. The summed E-state index contributed by atoms with van der Waals surface area (Å²) in [6.07, 6.45) is 6.12. The average Bonchev–Trinajstić information content (AvgIpc) is 2.71. The number of aromatic amines is 1. The van der Waals surface area contributed by atoms with Crippen LogP contribution in [0.4, 0.5) is 5.95 Å². The quantitative estimate of drug-likeness (QED) is 0.737. The van der Waals surface area contributed by atoms with Crippen molar-refractivity contribution in [1.82, 2.24) is 9.97 Å². The molecule has 1 fully saturated rings. The van der Waals surface area contributed by atoms with Gasteiger partial charge in [0.15, 0.2) is 0 Å². The molecule has 4 nitrogen and oxygen atoms in total. The summed E-state index contributed by atoms with van der Waals surface area (Å²) < 4.78 is 0. The number of rotatable bonds is 2. The van der Waals surface area contributed by atoms with E-state index in [0.717, 1.165) is 19.0 Å². The van der Waals surface area contributed by atoms with Gasteiger partial charge in [0.2, 0.25) is 5.95 Å². The van der Waals surface area contributed by atoms with Crippen molar-refractivity contribution in [2.75, 3.05) is 18.0 Å². The maximum Gasteiger partial charge on any atom is 0.202 e. The lowest BCUT2D eigenvalue weighted by atomic mass is 9.94. The number of hydrogen-bond donors (Lipinski definition) is 2. The van der Waals surface area contributed by atoms with Gasteiger partial charge in [0.1, 0.15) is 0 Å². The number of nitrogens with two attached hydrogens (primary N) is 1. The fourth-order valence-corrected chi connectivity index (χ4v) is 2.08. The van der Waals surface area contributed by atoms with E-state index in [1.165, 1.54) is 12.8 Å². The Morgan fingerprint density at radius 2 is 2.50 bits per heavy atom. The van der Waals surface area contributed by atoms with Gasteiger partial charge < -0.3 is 15.6 Å². The number of imidazole rings is 1. The maximum atomic E-state index is 5.71. The van der Waals surface area contributed by atoms with Crippen molar-refractivity contribution < 1.29 is 0 Å². The monoisotopic (exact) mass is 194 g/mol. The Morgan fingerprint density at radius 3 is 3.14 bits per heavy atom. The lowest BCUT2D eigenvalue weighted by Gasteiger charge is -2.37. The van der Waals surface area contributed by atoms with E-state index in [9.17, 15) is 0 Å². The molecule has 3 N–H and O–H groups in total. The van der Waals surface area contributed by atoms with Gasteiger partial charge in [-0.15, -0.1) is 0 Å². The predicted octanol–water partition coefficient (Wildman–Crippen LogP) is 0.973. The molecular weight excluding hydrogens is 176 g/mol. The summed E-state index contributed by atoms with van der Waals surface area (Å²) in [6, 6.07) is 0.573. The third kappa shape index (κ3) is 1.75. The minimum atomic E-state index is 0.573. The van der Waals surface area contributed by atoms with E-state index in [-0.39, 0.29) is 0 Å². The van der Waals surface area contributed by atoms with Crippen LogP contribution in [0.1, 0.15) is 19.8 Å². The smallest absolute Gasteiger partial charge is 0.202 e. The Bertz CT molecular complexity index is 270. The van der Waals surface area contributed by atoms with Gasteiger partial charge >= 0.3 is 0 Å².